The molecule has 2 heterocycles. The summed E-state index contributed by atoms with van der Waals surface area (Å²) in [4.78, 5) is 14.7. The van der Waals surface area contributed by atoms with Gasteiger partial charge in [-0.25, -0.2) is 4.79 Å². The Morgan fingerprint density at radius 2 is 2.12 bits per heavy atom. The molecule has 134 valence electrons. The molecule has 2 amide bonds. The highest BCUT2D eigenvalue weighted by atomic mass is 16.5. The van der Waals surface area contributed by atoms with Crippen LogP contribution in [-0.2, 0) is 4.74 Å². The van der Waals surface area contributed by atoms with Crippen LogP contribution < -0.4 is 15.5 Å². The molecular formula is C19H25N3O3. The molecule has 0 unspecified atom stereocenters. The van der Waals surface area contributed by atoms with E-state index in [0.717, 1.165) is 13.0 Å². The fourth-order valence-corrected chi connectivity index (χ4v) is 3.35. The SMILES string of the molecule is COC[C@H](NC(=O)N[C@@H]1C[C@@H](C)N(c2ccccc2)C1)c1ccco1. The summed E-state index contributed by atoms with van der Waals surface area (Å²) in [5, 5.41) is 6.00. The Hall–Kier alpha value is -2.47. The van der Waals surface area contributed by atoms with Gasteiger partial charge in [-0.05, 0) is 37.6 Å². The minimum atomic E-state index is -0.302. The molecule has 3 atom stereocenters. The number of hydrogen-bond acceptors (Lipinski definition) is 4. The summed E-state index contributed by atoms with van der Waals surface area (Å²) in [7, 11) is 1.60. The highest BCUT2D eigenvalue weighted by molar-refractivity contribution is 5.75. The predicted molar refractivity (Wildman–Crippen MR) is 96.6 cm³/mol. The summed E-state index contributed by atoms with van der Waals surface area (Å²) in [6.45, 7) is 3.34. The number of furan rings is 1. The Morgan fingerprint density at radius 1 is 1.32 bits per heavy atom. The van der Waals surface area contributed by atoms with E-state index in [4.69, 9.17) is 9.15 Å². The summed E-state index contributed by atoms with van der Waals surface area (Å²) < 4.78 is 10.6. The van der Waals surface area contributed by atoms with E-state index in [9.17, 15) is 4.79 Å². The zero-order valence-electron chi connectivity index (χ0n) is 14.6. The summed E-state index contributed by atoms with van der Waals surface area (Å²) in [6.07, 6.45) is 2.51. The van der Waals surface area contributed by atoms with E-state index in [1.807, 2.05) is 24.3 Å². The molecular weight excluding hydrogens is 318 g/mol. The number of rotatable bonds is 6. The number of para-hydroxylation sites is 1. The number of carbonyl (C=O) groups excluding carboxylic acids is 1. The van der Waals surface area contributed by atoms with Crippen LogP contribution in [0.15, 0.2) is 53.1 Å². The molecule has 3 rings (SSSR count). The molecule has 1 fully saturated rings. The van der Waals surface area contributed by atoms with Crippen molar-refractivity contribution in [2.24, 2.45) is 0 Å². The van der Waals surface area contributed by atoms with Crippen LogP contribution in [0.25, 0.3) is 0 Å². The van der Waals surface area contributed by atoms with E-state index in [1.54, 1.807) is 19.4 Å². The van der Waals surface area contributed by atoms with E-state index in [0.29, 0.717) is 18.4 Å². The first-order chi connectivity index (χ1) is 12.2. The largest absolute Gasteiger partial charge is 0.467 e. The standard InChI is InChI=1S/C19H25N3O3/c1-14-11-15(12-22(14)16-7-4-3-5-8-16)20-19(23)21-17(13-24-2)18-9-6-10-25-18/h3-10,14-15,17H,11-13H2,1-2H3,(H2,20,21,23)/t14-,15-,17+/m1/s1. The lowest BCUT2D eigenvalue weighted by molar-refractivity contribution is 0.156. The number of urea groups is 1. The van der Waals surface area contributed by atoms with Crippen molar-refractivity contribution < 1.29 is 13.9 Å². The number of methoxy groups -OCH3 is 1. The van der Waals surface area contributed by atoms with Crippen LogP contribution >= 0.6 is 0 Å². The minimum Gasteiger partial charge on any atom is -0.467 e. The Bertz CT molecular complexity index is 660. The number of nitrogens with one attached hydrogen (secondary N) is 2. The highest BCUT2D eigenvalue weighted by Gasteiger charge is 2.30. The second kappa shape index (κ2) is 8.07. The van der Waals surface area contributed by atoms with Crippen molar-refractivity contribution in [3.8, 4) is 0 Å². The van der Waals surface area contributed by atoms with Crippen LogP contribution in [0.3, 0.4) is 0 Å². The van der Waals surface area contributed by atoms with Gasteiger partial charge in [0.15, 0.2) is 0 Å². The maximum Gasteiger partial charge on any atom is 0.315 e. The van der Waals surface area contributed by atoms with E-state index < -0.39 is 0 Å². The number of ether oxygens (including phenoxy) is 1. The normalized spacial score (nSPS) is 21.1. The van der Waals surface area contributed by atoms with Crippen LogP contribution in [0.1, 0.15) is 25.1 Å². The lowest BCUT2D eigenvalue weighted by atomic mass is 10.2. The maximum atomic E-state index is 12.4. The number of hydrogen-bond donors (Lipinski definition) is 2. The molecule has 0 radical (unpaired) electrons. The first kappa shape index (κ1) is 17.4. The molecule has 1 saturated heterocycles. The van der Waals surface area contributed by atoms with Crippen LogP contribution in [0.4, 0.5) is 10.5 Å². The fraction of sp³-hybridized carbons (Fsp3) is 0.421. The van der Waals surface area contributed by atoms with E-state index in [2.05, 4.69) is 34.6 Å². The second-order valence-corrected chi connectivity index (χ2v) is 6.41. The summed E-state index contributed by atoms with van der Waals surface area (Å²) in [5.74, 6) is 0.683. The molecule has 25 heavy (non-hydrogen) atoms. The van der Waals surface area contributed by atoms with Gasteiger partial charge in [-0.15, -0.1) is 0 Å². The van der Waals surface area contributed by atoms with E-state index in [1.165, 1.54) is 5.69 Å². The lowest BCUT2D eigenvalue weighted by Crippen LogP contribution is -2.45. The van der Waals surface area contributed by atoms with Gasteiger partial charge in [-0.2, -0.15) is 0 Å². The molecule has 1 aromatic heterocycles. The summed E-state index contributed by atoms with van der Waals surface area (Å²) >= 11 is 0. The first-order valence-corrected chi connectivity index (χ1v) is 8.58. The first-order valence-electron chi connectivity index (χ1n) is 8.58. The Labute approximate surface area is 148 Å². The smallest absolute Gasteiger partial charge is 0.315 e. The number of carbonyl (C=O) groups is 1. The van der Waals surface area contributed by atoms with Crippen molar-refractivity contribution in [1.29, 1.82) is 0 Å². The van der Waals surface area contributed by atoms with Crippen LogP contribution in [0.2, 0.25) is 0 Å². The molecule has 0 spiro atoms. The molecule has 6 nitrogen and oxygen atoms in total. The number of benzene rings is 1. The molecule has 0 aliphatic carbocycles. The molecule has 1 aromatic carbocycles. The third kappa shape index (κ3) is 4.33. The number of nitrogens with zero attached hydrogens (tertiary/aromatic N) is 1. The van der Waals surface area contributed by atoms with Crippen LogP contribution in [0, 0.1) is 0 Å². The van der Waals surface area contributed by atoms with Crippen LogP contribution in [-0.4, -0.2) is 38.4 Å². The molecule has 0 bridgehead atoms. The fourth-order valence-electron chi connectivity index (χ4n) is 3.35. The van der Waals surface area contributed by atoms with Crippen LogP contribution in [0.5, 0.6) is 0 Å². The molecule has 6 heteroatoms. The lowest BCUT2D eigenvalue weighted by Gasteiger charge is -2.23. The zero-order chi connectivity index (χ0) is 17.6. The minimum absolute atomic E-state index is 0.106. The molecule has 1 aliphatic heterocycles. The zero-order valence-corrected chi connectivity index (χ0v) is 14.6. The Balaban J connectivity index is 1.56. The van der Waals surface area contributed by atoms with Gasteiger partial charge in [0.1, 0.15) is 11.8 Å². The van der Waals surface area contributed by atoms with Crippen molar-refractivity contribution in [2.45, 2.75) is 31.5 Å². The van der Waals surface area contributed by atoms with Gasteiger partial charge in [-0.3, -0.25) is 0 Å². The average Bonchev–Trinajstić information content (AvgIpc) is 3.25. The number of anilines is 1. The van der Waals surface area contributed by atoms with Gasteiger partial charge < -0.3 is 24.7 Å². The maximum absolute atomic E-state index is 12.4. The predicted octanol–water partition coefficient (Wildman–Crippen LogP) is 2.93. The average molecular weight is 343 g/mol. The van der Waals surface area contributed by atoms with Gasteiger partial charge in [0.05, 0.1) is 18.9 Å². The third-order valence-corrected chi connectivity index (χ3v) is 4.52. The van der Waals surface area contributed by atoms with Gasteiger partial charge >= 0.3 is 6.03 Å². The van der Waals surface area contributed by atoms with Gasteiger partial charge in [0.2, 0.25) is 0 Å². The van der Waals surface area contributed by atoms with Crippen molar-refractivity contribution in [3.63, 3.8) is 0 Å². The monoisotopic (exact) mass is 343 g/mol. The van der Waals surface area contributed by atoms with Crippen molar-refractivity contribution in [1.82, 2.24) is 10.6 Å². The summed E-state index contributed by atoms with van der Waals surface area (Å²) in [5.41, 5.74) is 1.19. The highest BCUT2D eigenvalue weighted by Crippen LogP contribution is 2.25. The van der Waals surface area contributed by atoms with Gasteiger partial charge in [-0.1, -0.05) is 18.2 Å². The Kier molecular flexibility index (Phi) is 5.60. The third-order valence-electron chi connectivity index (χ3n) is 4.52. The molecule has 0 saturated carbocycles. The van der Waals surface area contributed by atoms with Gasteiger partial charge in [0.25, 0.3) is 0 Å². The quantitative estimate of drug-likeness (QED) is 0.846. The van der Waals surface area contributed by atoms with E-state index in [-0.39, 0.29) is 18.1 Å². The van der Waals surface area contributed by atoms with Gasteiger partial charge in [0, 0.05) is 25.4 Å². The van der Waals surface area contributed by atoms with Crippen molar-refractivity contribution in [3.05, 3.63) is 54.5 Å². The van der Waals surface area contributed by atoms with Crippen molar-refractivity contribution in [2.75, 3.05) is 25.2 Å². The molecule has 2 N–H and O–H groups in total. The van der Waals surface area contributed by atoms with Crippen molar-refractivity contribution >= 4 is 11.7 Å². The van der Waals surface area contributed by atoms with E-state index >= 15 is 0 Å². The summed E-state index contributed by atoms with van der Waals surface area (Å²) in [6, 6.07) is 13.9. The molecule has 1 aliphatic rings. The molecule has 2 aromatic rings. The number of amides is 2. The second-order valence-electron chi connectivity index (χ2n) is 6.41. The Morgan fingerprint density at radius 3 is 2.80 bits per heavy atom. The topological polar surface area (TPSA) is 66.7 Å².